The van der Waals surface area contributed by atoms with Gasteiger partial charge in [0.1, 0.15) is 5.82 Å². The molecule has 198 valence electrons. The number of urea groups is 1. The number of anilines is 2. The summed E-state index contributed by atoms with van der Waals surface area (Å²) in [6, 6.07) is 19.7. The highest BCUT2D eigenvalue weighted by Gasteiger charge is 2.13. The lowest BCUT2D eigenvalue weighted by atomic mass is 9.98. The zero-order valence-electron chi connectivity index (χ0n) is 21.3. The van der Waals surface area contributed by atoms with E-state index in [1.54, 1.807) is 24.1 Å². The van der Waals surface area contributed by atoms with Gasteiger partial charge in [0, 0.05) is 43.5 Å². The molecule has 0 heterocycles. The number of carboxylic acid groups (broad SMARTS) is 1. The molecule has 0 unspecified atom stereocenters. The van der Waals surface area contributed by atoms with Crippen LogP contribution in [0.25, 0.3) is 11.1 Å². The van der Waals surface area contributed by atoms with E-state index < -0.39 is 5.97 Å². The first-order valence-electron chi connectivity index (χ1n) is 12.3. The highest BCUT2D eigenvalue weighted by atomic mass is 35.5. The molecule has 0 spiro atoms. The molecule has 0 saturated carbocycles. The van der Waals surface area contributed by atoms with Crippen molar-refractivity contribution in [2.75, 3.05) is 23.8 Å². The maximum Gasteiger partial charge on any atom is 0.321 e. The summed E-state index contributed by atoms with van der Waals surface area (Å²) in [5.74, 6) is -1.13. The van der Waals surface area contributed by atoms with Crippen molar-refractivity contribution in [2.24, 2.45) is 0 Å². The van der Waals surface area contributed by atoms with Crippen molar-refractivity contribution in [1.82, 2.24) is 5.32 Å². The number of halogens is 2. The Kier molecular flexibility index (Phi) is 11.9. The number of aryl methyl sites for hydroxylation is 1. The van der Waals surface area contributed by atoms with E-state index in [2.05, 4.69) is 17.6 Å². The third-order valence-corrected chi connectivity index (χ3v) is 6.01. The number of carbonyl (C=O) groups is 2. The monoisotopic (exact) mass is 527 g/mol. The number of hydrogen-bond donors (Lipinski definition) is 3. The second-order valence-electron chi connectivity index (χ2n) is 8.80. The summed E-state index contributed by atoms with van der Waals surface area (Å²) in [7, 11) is 1.75. The number of unbranched alkanes of at least 4 members (excludes halogenated alkanes) is 2. The van der Waals surface area contributed by atoms with Crippen molar-refractivity contribution in [3.8, 4) is 11.1 Å². The average molecular weight is 528 g/mol. The number of carbonyl (C=O) groups excluding carboxylic acids is 1. The Labute approximate surface area is 224 Å². The molecule has 6 nitrogen and oxygen atoms in total. The van der Waals surface area contributed by atoms with E-state index in [9.17, 15) is 14.0 Å². The number of rotatable bonds is 12. The fourth-order valence-electron chi connectivity index (χ4n) is 3.88. The molecule has 0 aliphatic rings. The molecule has 3 rings (SSSR count). The third kappa shape index (κ3) is 9.10. The van der Waals surface area contributed by atoms with E-state index in [0.29, 0.717) is 19.5 Å². The number of benzene rings is 3. The van der Waals surface area contributed by atoms with Gasteiger partial charge in [0.25, 0.3) is 0 Å². The standard InChI is InChI=1S/C29H34FN3O3.ClH/c1-3-4-5-17-31-29(36)33(2)25-8-6-7-23(19-25)26-15-11-21(12-16-28(34)35)18-27(26)32-20-22-9-13-24(30)14-10-22;/h6-11,13-15,18-19,32H,3-5,12,16-17,20H2,1-2H3,(H,31,36)(H,34,35);1H. The number of aliphatic carboxylic acids is 1. The van der Waals surface area contributed by atoms with Gasteiger partial charge in [-0.25, -0.2) is 9.18 Å². The molecule has 3 N–H and O–H groups in total. The molecule has 0 aliphatic carbocycles. The topological polar surface area (TPSA) is 81.7 Å². The number of carboxylic acids is 1. The van der Waals surface area contributed by atoms with Gasteiger partial charge in [-0.15, -0.1) is 12.4 Å². The molecule has 8 heteroatoms. The predicted molar refractivity (Wildman–Crippen MR) is 150 cm³/mol. The Hall–Kier alpha value is -3.58. The van der Waals surface area contributed by atoms with Crippen LogP contribution in [-0.4, -0.2) is 30.7 Å². The predicted octanol–water partition coefficient (Wildman–Crippen LogP) is 6.88. The summed E-state index contributed by atoms with van der Waals surface area (Å²) in [6.07, 6.45) is 3.59. The molecule has 0 aromatic heterocycles. The molecule has 3 aromatic carbocycles. The zero-order chi connectivity index (χ0) is 25.9. The number of amides is 2. The summed E-state index contributed by atoms with van der Waals surface area (Å²) in [4.78, 5) is 25.3. The van der Waals surface area contributed by atoms with E-state index in [0.717, 1.165) is 52.9 Å². The van der Waals surface area contributed by atoms with Crippen LogP contribution in [-0.2, 0) is 17.8 Å². The van der Waals surface area contributed by atoms with Crippen molar-refractivity contribution >= 4 is 35.8 Å². The number of nitrogens with one attached hydrogen (secondary N) is 2. The van der Waals surface area contributed by atoms with Crippen molar-refractivity contribution in [1.29, 1.82) is 0 Å². The molecule has 0 bridgehead atoms. The quantitative estimate of drug-likeness (QED) is 0.224. The normalized spacial score (nSPS) is 10.4. The number of nitrogens with zero attached hydrogens (tertiary/aromatic N) is 1. The Morgan fingerprint density at radius 1 is 0.973 bits per heavy atom. The van der Waals surface area contributed by atoms with E-state index in [-0.39, 0.29) is 30.7 Å². The van der Waals surface area contributed by atoms with Crippen LogP contribution in [0.2, 0.25) is 0 Å². The highest BCUT2D eigenvalue weighted by molar-refractivity contribution is 5.92. The van der Waals surface area contributed by atoms with Crippen molar-refractivity contribution in [3.63, 3.8) is 0 Å². The van der Waals surface area contributed by atoms with Crippen LogP contribution >= 0.6 is 12.4 Å². The highest BCUT2D eigenvalue weighted by Crippen LogP contribution is 2.32. The summed E-state index contributed by atoms with van der Waals surface area (Å²) in [5.41, 5.74) is 5.28. The molecule has 0 atom stereocenters. The van der Waals surface area contributed by atoms with Gasteiger partial charge in [-0.1, -0.05) is 56.2 Å². The van der Waals surface area contributed by atoms with Crippen LogP contribution in [0.1, 0.15) is 43.7 Å². The van der Waals surface area contributed by atoms with Gasteiger partial charge in [-0.3, -0.25) is 9.69 Å². The first kappa shape index (κ1) is 29.6. The van der Waals surface area contributed by atoms with Gasteiger partial charge in [-0.05, 0) is 59.9 Å². The third-order valence-electron chi connectivity index (χ3n) is 6.01. The minimum Gasteiger partial charge on any atom is -0.481 e. The van der Waals surface area contributed by atoms with Crippen molar-refractivity contribution in [3.05, 3.63) is 83.7 Å². The van der Waals surface area contributed by atoms with E-state index in [1.165, 1.54) is 12.1 Å². The second kappa shape index (κ2) is 14.9. The van der Waals surface area contributed by atoms with E-state index in [1.807, 2.05) is 42.5 Å². The first-order valence-corrected chi connectivity index (χ1v) is 12.3. The molecule has 0 radical (unpaired) electrons. The van der Waals surface area contributed by atoms with Gasteiger partial charge in [0.2, 0.25) is 0 Å². The van der Waals surface area contributed by atoms with E-state index in [4.69, 9.17) is 5.11 Å². The van der Waals surface area contributed by atoms with Gasteiger partial charge >= 0.3 is 12.0 Å². The smallest absolute Gasteiger partial charge is 0.321 e. The van der Waals surface area contributed by atoms with Gasteiger partial charge in [0.15, 0.2) is 0 Å². The summed E-state index contributed by atoms with van der Waals surface area (Å²) in [5, 5.41) is 15.5. The van der Waals surface area contributed by atoms with Gasteiger partial charge in [0.05, 0.1) is 0 Å². The van der Waals surface area contributed by atoms with Crippen LogP contribution < -0.4 is 15.5 Å². The number of hydrogen-bond acceptors (Lipinski definition) is 3. The Balaban J connectivity index is 0.00000481. The molecular formula is C29H35ClFN3O3. The molecule has 0 fully saturated rings. The molecule has 2 amide bonds. The van der Waals surface area contributed by atoms with Gasteiger partial charge < -0.3 is 15.7 Å². The lowest BCUT2D eigenvalue weighted by Gasteiger charge is -2.20. The van der Waals surface area contributed by atoms with E-state index >= 15 is 0 Å². The minimum atomic E-state index is -0.844. The maximum absolute atomic E-state index is 13.3. The first-order chi connectivity index (χ1) is 17.4. The average Bonchev–Trinajstić information content (AvgIpc) is 2.89. The molecule has 0 saturated heterocycles. The fraction of sp³-hybridized carbons (Fsp3) is 0.310. The molecule has 3 aromatic rings. The Morgan fingerprint density at radius 2 is 1.70 bits per heavy atom. The second-order valence-corrected chi connectivity index (χ2v) is 8.80. The zero-order valence-corrected chi connectivity index (χ0v) is 22.1. The lowest BCUT2D eigenvalue weighted by Crippen LogP contribution is -2.37. The lowest BCUT2D eigenvalue weighted by molar-refractivity contribution is -0.136. The van der Waals surface area contributed by atoms with Crippen LogP contribution in [0, 0.1) is 5.82 Å². The summed E-state index contributed by atoms with van der Waals surface area (Å²) >= 11 is 0. The van der Waals surface area contributed by atoms with Crippen molar-refractivity contribution < 1.29 is 19.1 Å². The van der Waals surface area contributed by atoms with Crippen LogP contribution in [0.5, 0.6) is 0 Å². The maximum atomic E-state index is 13.3. The van der Waals surface area contributed by atoms with Crippen LogP contribution in [0.3, 0.4) is 0 Å². The van der Waals surface area contributed by atoms with Gasteiger partial charge in [-0.2, -0.15) is 0 Å². The summed E-state index contributed by atoms with van der Waals surface area (Å²) in [6.45, 7) is 3.25. The SMILES string of the molecule is CCCCCNC(=O)N(C)c1cccc(-c2ccc(CCC(=O)O)cc2NCc2ccc(F)cc2)c1.Cl. The largest absolute Gasteiger partial charge is 0.481 e. The fourth-order valence-corrected chi connectivity index (χ4v) is 3.88. The minimum absolute atomic E-state index is 0. The molecule has 0 aliphatic heterocycles. The summed E-state index contributed by atoms with van der Waals surface area (Å²) < 4.78 is 13.3. The Morgan fingerprint density at radius 3 is 2.41 bits per heavy atom. The Bertz CT molecular complexity index is 1170. The molecular weight excluding hydrogens is 493 g/mol. The molecule has 37 heavy (non-hydrogen) atoms. The van der Waals surface area contributed by atoms with Crippen LogP contribution in [0.4, 0.5) is 20.6 Å². The van der Waals surface area contributed by atoms with Crippen LogP contribution in [0.15, 0.2) is 66.7 Å². The van der Waals surface area contributed by atoms with Crippen molar-refractivity contribution in [2.45, 2.75) is 45.6 Å².